The van der Waals surface area contributed by atoms with Gasteiger partial charge in [0.05, 0.1) is 11.1 Å². The van der Waals surface area contributed by atoms with Gasteiger partial charge in [0.25, 0.3) is 0 Å². The molecule has 1 aromatic carbocycles. The Morgan fingerprint density at radius 1 is 0.935 bits per heavy atom. The third kappa shape index (κ3) is 4.42. The van der Waals surface area contributed by atoms with Crippen molar-refractivity contribution in [3.63, 3.8) is 0 Å². The van der Waals surface area contributed by atoms with Gasteiger partial charge in [-0.3, -0.25) is 0 Å². The smallest absolute Gasteiger partial charge is 0.162 e. The first kappa shape index (κ1) is 20.4. The fraction of sp³-hybridized carbons (Fsp3) is 0.500. The van der Waals surface area contributed by atoms with Gasteiger partial charge in [0.15, 0.2) is 5.82 Å². The molecule has 0 bridgehead atoms. The number of pyridine rings is 1. The Bertz CT molecular complexity index is 1000. The molecule has 0 amide bonds. The average molecular weight is 417 g/mol. The van der Waals surface area contributed by atoms with Crippen LogP contribution in [0.2, 0.25) is 0 Å². The lowest BCUT2D eigenvalue weighted by molar-refractivity contribution is 0.130. The van der Waals surface area contributed by atoms with Crippen molar-refractivity contribution in [2.45, 2.75) is 44.9 Å². The van der Waals surface area contributed by atoms with Crippen molar-refractivity contribution in [2.24, 2.45) is 17.8 Å². The second kappa shape index (κ2) is 9.31. The van der Waals surface area contributed by atoms with E-state index in [-0.39, 0.29) is 6.61 Å². The van der Waals surface area contributed by atoms with Crippen molar-refractivity contribution >= 4 is 16.7 Å². The molecular weight excluding hydrogens is 384 g/mol. The highest BCUT2D eigenvalue weighted by atomic mass is 16.3. The zero-order valence-electron chi connectivity index (χ0n) is 18.2. The van der Waals surface area contributed by atoms with Gasteiger partial charge in [0.1, 0.15) is 5.82 Å². The summed E-state index contributed by atoms with van der Waals surface area (Å²) in [5, 5.41) is 11.3. The van der Waals surface area contributed by atoms with Crippen molar-refractivity contribution in [1.82, 2.24) is 15.0 Å². The molecule has 1 saturated heterocycles. The molecule has 1 N–H and O–H groups in total. The van der Waals surface area contributed by atoms with Crippen molar-refractivity contribution in [2.75, 3.05) is 24.6 Å². The highest BCUT2D eigenvalue weighted by Crippen LogP contribution is 2.38. The van der Waals surface area contributed by atoms with E-state index >= 15 is 0 Å². The SMILES string of the molecule is OCC1CN(c2nc3ccccc3cc2-c2ncccn2)CCC1CC1CCCCC1. The number of benzene rings is 1. The first-order chi connectivity index (χ1) is 15.3. The maximum Gasteiger partial charge on any atom is 0.162 e. The summed E-state index contributed by atoms with van der Waals surface area (Å²) in [5.41, 5.74) is 1.96. The standard InChI is InChI=1S/C26H32N4O/c31-18-22-17-30(14-11-20(22)15-19-7-2-1-3-8-19)26-23(25-27-12-6-13-28-25)16-21-9-4-5-10-24(21)29-26/h4-6,9-10,12-13,16,19-20,22,31H,1-3,7-8,11,14-15,17-18H2. The molecule has 1 aliphatic heterocycles. The lowest BCUT2D eigenvalue weighted by atomic mass is 9.75. The number of para-hydroxylation sites is 1. The van der Waals surface area contributed by atoms with Crippen molar-refractivity contribution < 1.29 is 5.11 Å². The Morgan fingerprint density at radius 3 is 2.55 bits per heavy atom. The first-order valence-electron chi connectivity index (χ1n) is 11.8. The van der Waals surface area contributed by atoms with E-state index < -0.39 is 0 Å². The highest BCUT2D eigenvalue weighted by Gasteiger charge is 2.32. The molecule has 2 aliphatic rings. The Labute approximate surface area is 184 Å². The fourth-order valence-electron chi connectivity index (χ4n) is 5.59. The summed E-state index contributed by atoms with van der Waals surface area (Å²) < 4.78 is 0. The number of nitrogens with zero attached hydrogens (tertiary/aromatic N) is 4. The molecule has 5 rings (SSSR count). The number of hydrogen-bond donors (Lipinski definition) is 1. The van der Waals surface area contributed by atoms with Gasteiger partial charge in [-0.25, -0.2) is 15.0 Å². The molecular formula is C26H32N4O. The lowest BCUT2D eigenvalue weighted by Crippen LogP contribution is -2.43. The molecule has 2 fully saturated rings. The normalized spacial score (nSPS) is 22.7. The molecule has 1 aliphatic carbocycles. The van der Waals surface area contributed by atoms with Crippen molar-refractivity contribution in [3.8, 4) is 11.4 Å². The molecule has 5 nitrogen and oxygen atoms in total. The van der Waals surface area contributed by atoms with Crippen LogP contribution in [0.3, 0.4) is 0 Å². The molecule has 2 aromatic heterocycles. The predicted octanol–water partition coefficient (Wildman–Crippen LogP) is 5.10. The lowest BCUT2D eigenvalue weighted by Gasteiger charge is -2.40. The van der Waals surface area contributed by atoms with Crippen LogP contribution in [-0.4, -0.2) is 39.8 Å². The molecule has 5 heteroatoms. The molecule has 3 aromatic rings. The van der Waals surface area contributed by atoms with Gasteiger partial charge in [0, 0.05) is 43.4 Å². The second-order valence-electron chi connectivity index (χ2n) is 9.30. The van der Waals surface area contributed by atoms with E-state index in [1.165, 1.54) is 38.5 Å². The second-order valence-corrected chi connectivity index (χ2v) is 9.30. The van der Waals surface area contributed by atoms with Crippen LogP contribution in [0.5, 0.6) is 0 Å². The van der Waals surface area contributed by atoms with Gasteiger partial charge in [-0.05, 0) is 42.9 Å². The largest absolute Gasteiger partial charge is 0.396 e. The molecule has 1 saturated carbocycles. The number of rotatable bonds is 5. The summed E-state index contributed by atoms with van der Waals surface area (Å²) >= 11 is 0. The molecule has 2 unspecified atom stereocenters. The zero-order valence-corrected chi connectivity index (χ0v) is 18.2. The third-order valence-corrected chi connectivity index (χ3v) is 7.30. The number of piperidine rings is 1. The molecule has 31 heavy (non-hydrogen) atoms. The Balaban J connectivity index is 1.43. The molecule has 0 spiro atoms. The Hall–Kier alpha value is -2.53. The maximum absolute atomic E-state index is 10.2. The fourth-order valence-corrected chi connectivity index (χ4v) is 5.59. The van der Waals surface area contributed by atoms with Crippen molar-refractivity contribution in [3.05, 3.63) is 48.8 Å². The Morgan fingerprint density at radius 2 is 1.74 bits per heavy atom. The third-order valence-electron chi connectivity index (χ3n) is 7.30. The minimum Gasteiger partial charge on any atom is -0.396 e. The quantitative estimate of drug-likeness (QED) is 0.627. The first-order valence-corrected chi connectivity index (χ1v) is 11.8. The van der Waals surface area contributed by atoms with Gasteiger partial charge >= 0.3 is 0 Å². The predicted molar refractivity (Wildman–Crippen MR) is 125 cm³/mol. The van der Waals surface area contributed by atoms with Crippen LogP contribution < -0.4 is 4.90 Å². The highest BCUT2D eigenvalue weighted by molar-refractivity contribution is 5.88. The van der Waals surface area contributed by atoms with E-state index in [1.807, 2.05) is 18.2 Å². The maximum atomic E-state index is 10.2. The van der Waals surface area contributed by atoms with Crippen LogP contribution in [0.4, 0.5) is 5.82 Å². The zero-order chi connectivity index (χ0) is 21.0. The molecule has 0 radical (unpaired) electrons. The van der Waals surface area contributed by atoms with E-state index in [1.54, 1.807) is 12.4 Å². The monoisotopic (exact) mass is 416 g/mol. The van der Waals surface area contributed by atoms with Crippen LogP contribution in [-0.2, 0) is 0 Å². The summed E-state index contributed by atoms with van der Waals surface area (Å²) in [7, 11) is 0. The van der Waals surface area contributed by atoms with Gasteiger partial charge in [-0.2, -0.15) is 0 Å². The van der Waals surface area contributed by atoms with Gasteiger partial charge in [-0.15, -0.1) is 0 Å². The van der Waals surface area contributed by atoms with E-state index in [4.69, 9.17) is 4.98 Å². The van der Waals surface area contributed by atoms with Crippen LogP contribution in [0, 0.1) is 17.8 Å². The van der Waals surface area contributed by atoms with Gasteiger partial charge in [0.2, 0.25) is 0 Å². The number of fused-ring (bicyclic) bond motifs is 1. The van der Waals surface area contributed by atoms with Crippen LogP contribution in [0.15, 0.2) is 48.8 Å². The topological polar surface area (TPSA) is 62.1 Å². The van der Waals surface area contributed by atoms with Gasteiger partial charge < -0.3 is 10.0 Å². The summed E-state index contributed by atoms with van der Waals surface area (Å²) in [6.45, 7) is 2.07. The number of hydrogen-bond acceptors (Lipinski definition) is 5. The molecule has 2 atom stereocenters. The number of aliphatic hydroxyl groups excluding tert-OH is 1. The molecule has 3 heterocycles. The minimum absolute atomic E-state index is 0.249. The van der Waals surface area contributed by atoms with E-state index in [9.17, 15) is 5.11 Å². The van der Waals surface area contributed by atoms with Crippen LogP contribution in [0.25, 0.3) is 22.3 Å². The van der Waals surface area contributed by atoms with E-state index in [0.717, 1.165) is 47.7 Å². The number of aromatic nitrogens is 3. The van der Waals surface area contributed by atoms with Crippen molar-refractivity contribution in [1.29, 1.82) is 0 Å². The average Bonchev–Trinajstić information content (AvgIpc) is 2.84. The van der Waals surface area contributed by atoms with Crippen LogP contribution in [0.1, 0.15) is 44.9 Å². The molecule has 162 valence electrons. The van der Waals surface area contributed by atoms with E-state index in [2.05, 4.69) is 33.1 Å². The van der Waals surface area contributed by atoms with Crippen LogP contribution >= 0.6 is 0 Å². The summed E-state index contributed by atoms with van der Waals surface area (Å²) in [5.74, 6) is 3.42. The van der Waals surface area contributed by atoms with Gasteiger partial charge in [-0.1, -0.05) is 50.3 Å². The summed E-state index contributed by atoms with van der Waals surface area (Å²) in [4.78, 5) is 16.4. The minimum atomic E-state index is 0.249. The van der Waals surface area contributed by atoms with E-state index in [0.29, 0.717) is 17.7 Å². The summed E-state index contributed by atoms with van der Waals surface area (Å²) in [6.07, 6.45) is 12.9. The number of anilines is 1. The Kier molecular flexibility index (Phi) is 6.12. The summed E-state index contributed by atoms with van der Waals surface area (Å²) in [6, 6.07) is 12.2. The number of aliphatic hydroxyl groups is 1.